The first kappa shape index (κ1) is 9.40. The highest BCUT2D eigenvalue weighted by atomic mass is 16.5. The van der Waals surface area contributed by atoms with E-state index >= 15 is 0 Å². The van der Waals surface area contributed by atoms with Crippen LogP contribution in [0.25, 0.3) is 0 Å². The third-order valence-corrected chi connectivity index (χ3v) is 2.84. The van der Waals surface area contributed by atoms with E-state index in [1.54, 1.807) is 7.11 Å². The standard InChI is InChI=1S/C9H18N2O2/c1-12-9-6-13-3-2-8(9)11-7-4-10-5-7/h7-11H,2-6H2,1H3. The molecule has 2 fully saturated rings. The first-order valence-electron chi connectivity index (χ1n) is 4.97. The van der Waals surface area contributed by atoms with Crippen LogP contribution in [0.5, 0.6) is 0 Å². The van der Waals surface area contributed by atoms with Gasteiger partial charge in [-0.3, -0.25) is 0 Å². The molecule has 76 valence electrons. The van der Waals surface area contributed by atoms with E-state index < -0.39 is 0 Å². The van der Waals surface area contributed by atoms with Crippen molar-refractivity contribution in [2.45, 2.75) is 24.6 Å². The summed E-state index contributed by atoms with van der Waals surface area (Å²) in [5.41, 5.74) is 0. The van der Waals surface area contributed by atoms with Crippen LogP contribution in [-0.2, 0) is 9.47 Å². The molecule has 4 nitrogen and oxygen atoms in total. The normalized spacial score (nSPS) is 35.8. The molecule has 0 aliphatic carbocycles. The molecule has 0 bridgehead atoms. The Hall–Kier alpha value is -0.160. The summed E-state index contributed by atoms with van der Waals surface area (Å²) in [7, 11) is 1.76. The predicted octanol–water partition coefficient (Wildman–Crippen LogP) is -0.648. The molecule has 13 heavy (non-hydrogen) atoms. The predicted molar refractivity (Wildman–Crippen MR) is 49.8 cm³/mol. The highest BCUT2D eigenvalue weighted by Crippen LogP contribution is 2.12. The van der Waals surface area contributed by atoms with Crippen LogP contribution in [0.3, 0.4) is 0 Å². The van der Waals surface area contributed by atoms with E-state index in [1.165, 1.54) is 0 Å². The molecule has 2 N–H and O–H groups in total. The van der Waals surface area contributed by atoms with Crippen molar-refractivity contribution in [3.8, 4) is 0 Å². The van der Waals surface area contributed by atoms with E-state index in [4.69, 9.17) is 9.47 Å². The minimum Gasteiger partial charge on any atom is -0.379 e. The van der Waals surface area contributed by atoms with Gasteiger partial charge in [0, 0.05) is 38.9 Å². The molecule has 2 unspecified atom stereocenters. The van der Waals surface area contributed by atoms with Crippen molar-refractivity contribution in [1.29, 1.82) is 0 Å². The summed E-state index contributed by atoms with van der Waals surface area (Å²) in [6.07, 6.45) is 1.30. The Kier molecular flexibility index (Phi) is 3.16. The van der Waals surface area contributed by atoms with Gasteiger partial charge in [-0.25, -0.2) is 0 Å². The monoisotopic (exact) mass is 186 g/mol. The average Bonchev–Trinajstić information content (AvgIpc) is 2.12. The van der Waals surface area contributed by atoms with E-state index in [1.807, 2.05) is 0 Å². The minimum absolute atomic E-state index is 0.231. The van der Waals surface area contributed by atoms with Gasteiger partial charge < -0.3 is 20.1 Å². The molecule has 0 aromatic rings. The van der Waals surface area contributed by atoms with Gasteiger partial charge in [-0.1, -0.05) is 0 Å². The lowest BCUT2D eigenvalue weighted by atomic mass is 10.0. The van der Waals surface area contributed by atoms with Gasteiger partial charge in [0.15, 0.2) is 0 Å². The molecular formula is C9H18N2O2. The average molecular weight is 186 g/mol. The molecule has 0 amide bonds. The Balaban J connectivity index is 1.79. The zero-order chi connectivity index (χ0) is 9.10. The van der Waals surface area contributed by atoms with Gasteiger partial charge >= 0.3 is 0 Å². The number of nitrogens with one attached hydrogen (secondary N) is 2. The fraction of sp³-hybridized carbons (Fsp3) is 1.00. The van der Waals surface area contributed by atoms with Gasteiger partial charge in [-0.2, -0.15) is 0 Å². The molecule has 4 heteroatoms. The third-order valence-electron chi connectivity index (χ3n) is 2.84. The Morgan fingerprint density at radius 3 is 2.92 bits per heavy atom. The van der Waals surface area contributed by atoms with Gasteiger partial charge in [-0.05, 0) is 6.42 Å². The summed E-state index contributed by atoms with van der Waals surface area (Å²) in [6.45, 7) is 3.77. The van der Waals surface area contributed by atoms with Crippen LogP contribution in [-0.4, -0.2) is 51.6 Å². The molecule has 0 aromatic carbocycles. The van der Waals surface area contributed by atoms with E-state index in [9.17, 15) is 0 Å². The van der Waals surface area contributed by atoms with Crippen LogP contribution >= 0.6 is 0 Å². The maximum atomic E-state index is 5.37. The van der Waals surface area contributed by atoms with Gasteiger partial charge in [0.05, 0.1) is 12.7 Å². The van der Waals surface area contributed by atoms with Crippen molar-refractivity contribution >= 4 is 0 Å². The van der Waals surface area contributed by atoms with Gasteiger partial charge in [-0.15, -0.1) is 0 Å². The first-order valence-corrected chi connectivity index (χ1v) is 4.97. The van der Waals surface area contributed by atoms with Crippen molar-refractivity contribution < 1.29 is 9.47 Å². The summed E-state index contributed by atoms with van der Waals surface area (Å²) in [6, 6.07) is 1.12. The molecule has 0 radical (unpaired) electrons. The molecule has 2 saturated heterocycles. The third kappa shape index (κ3) is 2.20. The second-order valence-corrected chi connectivity index (χ2v) is 3.77. The highest BCUT2D eigenvalue weighted by molar-refractivity contribution is 4.89. The van der Waals surface area contributed by atoms with Crippen molar-refractivity contribution in [1.82, 2.24) is 10.6 Å². The van der Waals surface area contributed by atoms with Crippen LogP contribution < -0.4 is 10.6 Å². The van der Waals surface area contributed by atoms with Crippen LogP contribution in [0.15, 0.2) is 0 Å². The van der Waals surface area contributed by atoms with Crippen molar-refractivity contribution in [2.75, 3.05) is 33.4 Å². The fourth-order valence-corrected chi connectivity index (χ4v) is 1.84. The second-order valence-electron chi connectivity index (χ2n) is 3.77. The van der Waals surface area contributed by atoms with Crippen LogP contribution in [0.4, 0.5) is 0 Å². The quantitative estimate of drug-likeness (QED) is 0.615. The Labute approximate surface area is 79.0 Å². The van der Waals surface area contributed by atoms with E-state index in [0.29, 0.717) is 12.1 Å². The summed E-state index contributed by atoms with van der Waals surface area (Å²) in [4.78, 5) is 0. The molecule has 0 saturated carbocycles. The minimum atomic E-state index is 0.231. The SMILES string of the molecule is COC1COCCC1NC1CNC1. The molecular weight excluding hydrogens is 168 g/mol. The number of rotatable bonds is 3. The lowest BCUT2D eigenvalue weighted by Crippen LogP contribution is -2.61. The number of hydrogen-bond donors (Lipinski definition) is 2. The summed E-state index contributed by atoms with van der Waals surface area (Å²) >= 11 is 0. The van der Waals surface area contributed by atoms with Crippen molar-refractivity contribution in [3.63, 3.8) is 0 Å². The second kappa shape index (κ2) is 4.37. The zero-order valence-corrected chi connectivity index (χ0v) is 8.08. The van der Waals surface area contributed by atoms with Crippen molar-refractivity contribution in [3.05, 3.63) is 0 Å². The molecule has 0 spiro atoms. The highest BCUT2D eigenvalue weighted by Gasteiger charge is 2.29. The molecule has 2 aliphatic rings. The Morgan fingerprint density at radius 2 is 2.31 bits per heavy atom. The summed E-state index contributed by atoms with van der Waals surface area (Å²) < 4.78 is 10.7. The number of methoxy groups -OCH3 is 1. The van der Waals surface area contributed by atoms with Crippen LogP contribution in [0, 0.1) is 0 Å². The largest absolute Gasteiger partial charge is 0.379 e. The maximum absolute atomic E-state index is 5.37. The topological polar surface area (TPSA) is 42.5 Å². The molecule has 2 heterocycles. The van der Waals surface area contributed by atoms with Gasteiger partial charge in [0.1, 0.15) is 0 Å². The van der Waals surface area contributed by atoms with Crippen LogP contribution in [0.1, 0.15) is 6.42 Å². The lowest BCUT2D eigenvalue weighted by Gasteiger charge is -2.37. The van der Waals surface area contributed by atoms with E-state index in [-0.39, 0.29) is 6.10 Å². The maximum Gasteiger partial charge on any atom is 0.0958 e. The van der Waals surface area contributed by atoms with Crippen LogP contribution in [0.2, 0.25) is 0 Å². The van der Waals surface area contributed by atoms with Crippen molar-refractivity contribution in [2.24, 2.45) is 0 Å². The van der Waals surface area contributed by atoms with E-state index in [2.05, 4.69) is 10.6 Å². The van der Waals surface area contributed by atoms with Gasteiger partial charge in [0.25, 0.3) is 0 Å². The molecule has 2 aliphatic heterocycles. The van der Waals surface area contributed by atoms with E-state index in [0.717, 1.165) is 32.7 Å². The molecule has 0 aromatic heterocycles. The number of hydrogen-bond acceptors (Lipinski definition) is 4. The Bertz CT molecular complexity index is 162. The number of ether oxygens (including phenoxy) is 2. The smallest absolute Gasteiger partial charge is 0.0958 e. The summed E-state index contributed by atoms with van der Waals surface area (Å²) in [5, 5.41) is 6.84. The summed E-state index contributed by atoms with van der Waals surface area (Å²) in [5.74, 6) is 0. The zero-order valence-electron chi connectivity index (χ0n) is 8.08. The molecule has 2 rings (SSSR count). The molecule has 2 atom stereocenters. The first-order chi connectivity index (χ1) is 6.40. The fourth-order valence-electron chi connectivity index (χ4n) is 1.84. The van der Waals surface area contributed by atoms with Gasteiger partial charge in [0.2, 0.25) is 0 Å². The lowest BCUT2D eigenvalue weighted by molar-refractivity contribution is -0.0533. The Morgan fingerprint density at radius 1 is 1.46 bits per heavy atom.